The Morgan fingerprint density at radius 3 is 2.76 bits per heavy atom. The van der Waals surface area contributed by atoms with Gasteiger partial charge in [0.05, 0.1) is 16.6 Å². The number of hydrogen-bond acceptors (Lipinski definition) is 3. The van der Waals surface area contributed by atoms with Crippen molar-refractivity contribution < 1.29 is 14.3 Å². The maximum atomic E-state index is 11.5. The Labute approximate surface area is 142 Å². The fourth-order valence-corrected chi connectivity index (χ4v) is 2.40. The van der Waals surface area contributed by atoms with Crippen molar-refractivity contribution in [1.29, 1.82) is 0 Å². The molecule has 2 rings (SSSR count). The fourth-order valence-electron chi connectivity index (χ4n) is 1.77. The molecule has 0 saturated heterocycles. The quantitative estimate of drug-likeness (QED) is 0.517. The summed E-state index contributed by atoms with van der Waals surface area (Å²) in [6.45, 7) is 2.18. The lowest BCUT2D eigenvalue weighted by Gasteiger charge is -2.10. The molecule has 0 spiro atoms. The molecule has 0 amide bonds. The number of esters is 1. The van der Waals surface area contributed by atoms with Gasteiger partial charge in [-0.3, -0.25) is 4.79 Å². The molecule has 0 atom stereocenters. The van der Waals surface area contributed by atoms with Gasteiger partial charge in [-0.25, -0.2) is 0 Å². The Balaban J connectivity index is 2.17. The van der Waals surface area contributed by atoms with Crippen molar-refractivity contribution in [1.82, 2.24) is 0 Å². The maximum Gasteiger partial charge on any atom is 0.310 e. The summed E-state index contributed by atoms with van der Waals surface area (Å²) in [4.78, 5) is 11.5. The summed E-state index contributed by atoms with van der Waals surface area (Å²) in [6, 6.07) is 12.8. The zero-order valence-corrected chi connectivity index (χ0v) is 14.3. The minimum Gasteiger partial charge on any atom is -0.466 e. The molecule has 2 aromatic carbocycles. The second kappa shape index (κ2) is 7.66. The standard InChI is InChI=1S/C16H14ClIO3/c1-2-20-16(19)9-11-6-7-14(18)15(8-11)21-13-5-3-4-12(17)10-13/h3-8,10H,2,9H2,1H3. The van der Waals surface area contributed by atoms with Crippen LogP contribution in [0.4, 0.5) is 0 Å². The minimum atomic E-state index is -0.243. The van der Waals surface area contributed by atoms with Crippen LogP contribution in [0.3, 0.4) is 0 Å². The summed E-state index contributed by atoms with van der Waals surface area (Å²) >= 11 is 8.13. The van der Waals surface area contributed by atoms with Gasteiger partial charge in [0, 0.05) is 5.02 Å². The number of ether oxygens (including phenoxy) is 2. The summed E-state index contributed by atoms with van der Waals surface area (Å²) < 4.78 is 11.7. The van der Waals surface area contributed by atoms with Crippen LogP contribution in [0.1, 0.15) is 12.5 Å². The maximum absolute atomic E-state index is 11.5. The average molecular weight is 417 g/mol. The van der Waals surface area contributed by atoms with Crippen molar-refractivity contribution >= 4 is 40.2 Å². The predicted molar refractivity (Wildman–Crippen MR) is 91.0 cm³/mol. The summed E-state index contributed by atoms with van der Waals surface area (Å²) in [7, 11) is 0. The van der Waals surface area contributed by atoms with E-state index in [0.717, 1.165) is 9.13 Å². The molecule has 0 aliphatic rings. The summed E-state index contributed by atoms with van der Waals surface area (Å²) in [5, 5.41) is 0.616. The molecule has 0 aromatic heterocycles. The summed E-state index contributed by atoms with van der Waals surface area (Å²) in [6.07, 6.45) is 0.233. The van der Waals surface area contributed by atoms with Gasteiger partial charge in [-0.1, -0.05) is 23.7 Å². The van der Waals surface area contributed by atoms with E-state index in [0.29, 0.717) is 23.1 Å². The van der Waals surface area contributed by atoms with Gasteiger partial charge in [-0.2, -0.15) is 0 Å². The molecule has 0 aliphatic carbocycles. The fraction of sp³-hybridized carbons (Fsp3) is 0.188. The molecule has 0 saturated carbocycles. The van der Waals surface area contributed by atoms with Crippen molar-refractivity contribution in [3.63, 3.8) is 0 Å². The van der Waals surface area contributed by atoms with E-state index in [-0.39, 0.29) is 12.4 Å². The topological polar surface area (TPSA) is 35.5 Å². The molecule has 0 bridgehead atoms. The summed E-state index contributed by atoms with van der Waals surface area (Å²) in [5.74, 6) is 1.11. The number of benzene rings is 2. The smallest absolute Gasteiger partial charge is 0.310 e. The Morgan fingerprint density at radius 1 is 1.24 bits per heavy atom. The second-order valence-corrected chi connectivity index (χ2v) is 5.90. The normalized spacial score (nSPS) is 10.2. The second-order valence-electron chi connectivity index (χ2n) is 4.31. The zero-order chi connectivity index (χ0) is 15.2. The molecule has 3 nitrogen and oxygen atoms in total. The molecular weight excluding hydrogens is 403 g/mol. The molecule has 0 heterocycles. The Kier molecular flexibility index (Phi) is 5.87. The predicted octanol–water partition coefficient (Wildman–Crippen LogP) is 4.84. The third kappa shape index (κ3) is 4.89. The van der Waals surface area contributed by atoms with Crippen molar-refractivity contribution in [2.75, 3.05) is 6.61 Å². The highest BCUT2D eigenvalue weighted by atomic mass is 127. The largest absolute Gasteiger partial charge is 0.466 e. The van der Waals surface area contributed by atoms with Crippen LogP contribution >= 0.6 is 34.2 Å². The van der Waals surface area contributed by atoms with Crippen molar-refractivity contribution in [3.8, 4) is 11.5 Å². The monoisotopic (exact) mass is 416 g/mol. The highest BCUT2D eigenvalue weighted by Gasteiger charge is 2.09. The van der Waals surface area contributed by atoms with Gasteiger partial charge in [0.25, 0.3) is 0 Å². The van der Waals surface area contributed by atoms with E-state index in [4.69, 9.17) is 21.1 Å². The zero-order valence-electron chi connectivity index (χ0n) is 11.4. The van der Waals surface area contributed by atoms with E-state index in [9.17, 15) is 4.79 Å². The molecule has 0 aliphatic heterocycles. The van der Waals surface area contributed by atoms with E-state index in [2.05, 4.69) is 22.6 Å². The molecule has 0 radical (unpaired) electrons. The van der Waals surface area contributed by atoms with Crippen LogP contribution in [-0.4, -0.2) is 12.6 Å². The van der Waals surface area contributed by atoms with Crippen LogP contribution in [0.2, 0.25) is 5.02 Å². The first kappa shape index (κ1) is 16.1. The Morgan fingerprint density at radius 2 is 2.05 bits per heavy atom. The van der Waals surface area contributed by atoms with E-state index < -0.39 is 0 Å². The van der Waals surface area contributed by atoms with Gasteiger partial charge in [-0.05, 0) is 65.4 Å². The van der Waals surface area contributed by atoms with Crippen molar-refractivity contribution in [2.24, 2.45) is 0 Å². The number of rotatable bonds is 5. The van der Waals surface area contributed by atoms with Gasteiger partial charge < -0.3 is 9.47 Å². The van der Waals surface area contributed by atoms with Crippen molar-refractivity contribution in [2.45, 2.75) is 13.3 Å². The van der Waals surface area contributed by atoms with Gasteiger partial charge in [0.15, 0.2) is 0 Å². The molecule has 0 N–H and O–H groups in total. The lowest BCUT2D eigenvalue weighted by atomic mass is 10.1. The number of hydrogen-bond donors (Lipinski definition) is 0. The third-order valence-electron chi connectivity index (χ3n) is 2.67. The molecule has 21 heavy (non-hydrogen) atoms. The lowest BCUT2D eigenvalue weighted by Crippen LogP contribution is -2.07. The van der Waals surface area contributed by atoms with Crippen LogP contribution in [-0.2, 0) is 16.0 Å². The molecule has 110 valence electrons. The molecule has 2 aromatic rings. The van der Waals surface area contributed by atoms with E-state index in [1.165, 1.54) is 0 Å². The van der Waals surface area contributed by atoms with Gasteiger partial charge in [0.1, 0.15) is 11.5 Å². The highest BCUT2D eigenvalue weighted by molar-refractivity contribution is 14.1. The van der Waals surface area contributed by atoms with Crippen LogP contribution in [0, 0.1) is 3.57 Å². The van der Waals surface area contributed by atoms with Gasteiger partial charge in [-0.15, -0.1) is 0 Å². The molecular formula is C16H14ClIO3. The molecule has 5 heteroatoms. The van der Waals surface area contributed by atoms with E-state index >= 15 is 0 Å². The molecule has 0 fully saturated rings. The van der Waals surface area contributed by atoms with E-state index in [1.807, 2.05) is 30.3 Å². The first-order chi connectivity index (χ1) is 10.1. The third-order valence-corrected chi connectivity index (χ3v) is 3.80. The van der Waals surface area contributed by atoms with E-state index in [1.54, 1.807) is 19.1 Å². The number of carbonyl (C=O) groups is 1. The number of carbonyl (C=O) groups excluding carboxylic acids is 1. The highest BCUT2D eigenvalue weighted by Crippen LogP contribution is 2.29. The summed E-state index contributed by atoms with van der Waals surface area (Å²) in [5.41, 5.74) is 0.853. The minimum absolute atomic E-state index is 0.233. The van der Waals surface area contributed by atoms with Gasteiger partial charge in [0.2, 0.25) is 0 Å². The van der Waals surface area contributed by atoms with Crippen LogP contribution in [0.15, 0.2) is 42.5 Å². The first-order valence-corrected chi connectivity index (χ1v) is 7.91. The SMILES string of the molecule is CCOC(=O)Cc1ccc(I)c(Oc2cccc(Cl)c2)c1. The molecule has 0 unspecified atom stereocenters. The Bertz CT molecular complexity index is 643. The van der Waals surface area contributed by atoms with Crippen molar-refractivity contribution in [3.05, 3.63) is 56.6 Å². The van der Waals surface area contributed by atoms with Gasteiger partial charge >= 0.3 is 5.97 Å². The first-order valence-electron chi connectivity index (χ1n) is 6.46. The Hall–Kier alpha value is -1.27. The van der Waals surface area contributed by atoms with Crippen LogP contribution < -0.4 is 4.74 Å². The van der Waals surface area contributed by atoms with Crippen LogP contribution in [0.25, 0.3) is 0 Å². The average Bonchev–Trinajstić information content (AvgIpc) is 2.43. The lowest BCUT2D eigenvalue weighted by molar-refractivity contribution is -0.142. The number of halogens is 2. The van der Waals surface area contributed by atoms with Crippen LogP contribution in [0.5, 0.6) is 11.5 Å².